The van der Waals surface area contributed by atoms with Crippen molar-refractivity contribution >= 4 is 27.3 Å². The van der Waals surface area contributed by atoms with E-state index in [4.69, 9.17) is 0 Å². The highest BCUT2D eigenvalue weighted by atomic mass is 32.2. The van der Waals surface area contributed by atoms with E-state index >= 15 is 0 Å². The van der Waals surface area contributed by atoms with Crippen molar-refractivity contribution in [2.45, 2.75) is 69.7 Å². The van der Waals surface area contributed by atoms with Gasteiger partial charge in [0.15, 0.2) is 0 Å². The average Bonchev–Trinajstić information content (AvgIpc) is 3.12. The number of benzene rings is 1. The zero-order valence-electron chi connectivity index (χ0n) is 17.8. The van der Waals surface area contributed by atoms with Crippen molar-refractivity contribution in [2.24, 2.45) is 9.63 Å². The van der Waals surface area contributed by atoms with Crippen molar-refractivity contribution in [3.05, 3.63) is 45.7 Å². The molecule has 0 saturated carbocycles. The zero-order chi connectivity index (χ0) is 22.9. The Bertz CT molecular complexity index is 1040. The van der Waals surface area contributed by atoms with E-state index in [0.717, 1.165) is 11.3 Å². The first kappa shape index (κ1) is 24.2. The predicted octanol–water partition coefficient (Wildman–Crippen LogP) is 4.67. The van der Waals surface area contributed by atoms with Gasteiger partial charge in [0.1, 0.15) is 5.82 Å². The lowest BCUT2D eigenvalue weighted by Gasteiger charge is -2.19. The van der Waals surface area contributed by atoms with Crippen LogP contribution >= 0.6 is 11.3 Å². The van der Waals surface area contributed by atoms with Gasteiger partial charge in [0.2, 0.25) is 4.34 Å². The average molecular weight is 456 g/mol. The first-order valence-electron chi connectivity index (χ1n) is 9.44. The molecule has 0 aliphatic carbocycles. The molecule has 0 spiro atoms. The number of aliphatic hydroxyl groups is 1. The van der Waals surface area contributed by atoms with Crippen LogP contribution < -0.4 is 0 Å². The van der Waals surface area contributed by atoms with Gasteiger partial charge in [0, 0.05) is 6.20 Å². The maximum Gasteiger partial charge on any atom is 0.327 e. The van der Waals surface area contributed by atoms with Gasteiger partial charge in [-0.05, 0) is 59.0 Å². The third-order valence-electron chi connectivity index (χ3n) is 4.42. The minimum absolute atomic E-state index is 0.0303. The van der Waals surface area contributed by atoms with Crippen LogP contribution in [0.4, 0.5) is 4.39 Å². The Hall–Kier alpha value is -2.04. The molecule has 2 rings (SSSR count). The van der Waals surface area contributed by atoms with Gasteiger partial charge in [-0.15, -0.1) is 11.3 Å². The standard InChI is InChI=1S/C20H26FN3O4S2/c1-11(2)14-7-13(21)8-15(12(3)4)16(14)9-18(25)23-24-30(27,28)19-22-10-17(29-19)20(5,6)26/h7-8,10-12,26H,9H2,1-6H3. The van der Waals surface area contributed by atoms with Crippen LogP contribution in [0.5, 0.6) is 0 Å². The van der Waals surface area contributed by atoms with Gasteiger partial charge in [-0.1, -0.05) is 32.8 Å². The molecule has 0 atom stereocenters. The largest absolute Gasteiger partial charge is 0.385 e. The Labute approximate surface area is 180 Å². The third kappa shape index (κ3) is 5.77. The normalized spacial score (nSPS) is 13.0. The molecule has 1 heterocycles. The van der Waals surface area contributed by atoms with Crippen LogP contribution in [0.15, 0.2) is 32.3 Å². The molecule has 10 heteroatoms. The zero-order valence-corrected chi connectivity index (χ0v) is 19.4. The number of carbonyl (C=O) groups excluding carboxylic acids is 1. The lowest BCUT2D eigenvalue weighted by molar-refractivity contribution is -0.117. The molecule has 164 valence electrons. The molecule has 1 amide bonds. The maximum absolute atomic E-state index is 14.0. The lowest BCUT2D eigenvalue weighted by atomic mass is 9.87. The molecule has 0 saturated heterocycles. The van der Waals surface area contributed by atoms with Gasteiger partial charge in [-0.2, -0.15) is 8.42 Å². The monoisotopic (exact) mass is 455 g/mol. The highest BCUT2D eigenvalue weighted by Gasteiger charge is 2.25. The van der Waals surface area contributed by atoms with Gasteiger partial charge in [-0.25, -0.2) is 9.37 Å². The number of amides is 1. The lowest BCUT2D eigenvalue weighted by Crippen LogP contribution is -2.12. The van der Waals surface area contributed by atoms with Crippen LogP contribution in [0, 0.1) is 5.82 Å². The number of nitrogens with zero attached hydrogens (tertiary/aromatic N) is 3. The molecule has 1 aromatic carbocycles. The van der Waals surface area contributed by atoms with Crippen LogP contribution in [0.2, 0.25) is 0 Å². The van der Waals surface area contributed by atoms with Crippen LogP contribution in [-0.4, -0.2) is 24.4 Å². The maximum atomic E-state index is 14.0. The van der Waals surface area contributed by atoms with Gasteiger partial charge in [-0.3, -0.25) is 4.79 Å². The van der Waals surface area contributed by atoms with Crippen LogP contribution in [0.1, 0.15) is 74.9 Å². The molecule has 0 aliphatic heterocycles. The summed E-state index contributed by atoms with van der Waals surface area (Å²) in [6, 6.07) is 2.78. The fourth-order valence-corrected chi connectivity index (χ4v) is 4.79. The van der Waals surface area contributed by atoms with Crippen LogP contribution in [0.25, 0.3) is 0 Å². The third-order valence-corrected chi connectivity index (χ3v) is 7.25. The second kappa shape index (κ2) is 8.99. The quantitative estimate of drug-likeness (QED) is 0.610. The molecule has 2 aromatic rings. The Morgan fingerprint density at radius 3 is 2.17 bits per heavy atom. The van der Waals surface area contributed by atoms with Gasteiger partial charge in [0.05, 0.1) is 16.9 Å². The molecule has 1 aromatic heterocycles. The number of halogens is 1. The Morgan fingerprint density at radius 1 is 1.20 bits per heavy atom. The van der Waals surface area contributed by atoms with Gasteiger partial charge >= 0.3 is 10.0 Å². The van der Waals surface area contributed by atoms with Crippen molar-refractivity contribution in [1.82, 2.24) is 4.98 Å². The van der Waals surface area contributed by atoms with E-state index in [1.807, 2.05) is 27.7 Å². The van der Waals surface area contributed by atoms with Crippen molar-refractivity contribution in [3.8, 4) is 0 Å². The molecule has 0 aliphatic rings. The highest BCUT2D eigenvalue weighted by molar-refractivity contribution is 7.91. The summed E-state index contributed by atoms with van der Waals surface area (Å²) < 4.78 is 41.5. The van der Waals surface area contributed by atoms with E-state index in [2.05, 4.69) is 14.6 Å². The SMILES string of the molecule is CC(C)c1cc(F)cc(C(C)C)c1CC(=O)N=NS(=O)(=O)c1ncc(C(C)(C)O)s1. The van der Waals surface area contributed by atoms with Crippen molar-refractivity contribution in [2.75, 3.05) is 0 Å². The van der Waals surface area contributed by atoms with Crippen LogP contribution in [-0.2, 0) is 26.8 Å². The van der Waals surface area contributed by atoms with Crippen LogP contribution in [0.3, 0.4) is 0 Å². The van der Waals surface area contributed by atoms with E-state index in [9.17, 15) is 22.7 Å². The predicted molar refractivity (Wildman–Crippen MR) is 113 cm³/mol. The van der Waals surface area contributed by atoms with Crippen molar-refractivity contribution < 1.29 is 22.7 Å². The Kier molecular flexibility index (Phi) is 7.26. The number of rotatable bonds is 7. The minimum Gasteiger partial charge on any atom is -0.385 e. The summed E-state index contributed by atoms with van der Waals surface area (Å²) in [7, 11) is -4.27. The molecular weight excluding hydrogens is 429 g/mol. The van der Waals surface area contributed by atoms with Crippen molar-refractivity contribution in [1.29, 1.82) is 0 Å². The van der Waals surface area contributed by atoms with E-state index < -0.39 is 21.5 Å². The van der Waals surface area contributed by atoms with Crippen molar-refractivity contribution in [3.63, 3.8) is 0 Å². The number of thiazole rings is 1. The number of hydrogen-bond donors (Lipinski definition) is 1. The number of hydrogen-bond acceptors (Lipinski definition) is 6. The van der Waals surface area contributed by atoms with Gasteiger partial charge in [0.25, 0.3) is 5.91 Å². The van der Waals surface area contributed by atoms with Gasteiger partial charge < -0.3 is 5.11 Å². The summed E-state index contributed by atoms with van der Waals surface area (Å²) in [6.07, 6.45) is 1.06. The molecule has 0 radical (unpaired) electrons. The topological polar surface area (TPSA) is 109 Å². The number of sulfonamides is 1. The summed E-state index contributed by atoms with van der Waals surface area (Å²) in [5.74, 6) is -1.20. The summed E-state index contributed by atoms with van der Waals surface area (Å²) in [4.78, 5) is 16.5. The molecule has 0 bridgehead atoms. The summed E-state index contributed by atoms with van der Waals surface area (Å²) in [6.45, 7) is 10.6. The fraction of sp³-hybridized carbons (Fsp3) is 0.500. The molecular formula is C20H26FN3O4S2. The molecule has 1 N–H and O–H groups in total. The van der Waals surface area contributed by atoms with E-state index in [1.165, 1.54) is 32.2 Å². The molecule has 0 unspecified atom stereocenters. The summed E-state index contributed by atoms with van der Waals surface area (Å²) >= 11 is 0.761. The molecule has 0 fully saturated rings. The Balaban J connectivity index is 2.31. The smallest absolute Gasteiger partial charge is 0.327 e. The minimum atomic E-state index is -4.27. The summed E-state index contributed by atoms with van der Waals surface area (Å²) in [5.41, 5.74) is 0.752. The number of carbonyl (C=O) groups is 1. The fourth-order valence-electron chi connectivity index (χ4n) is 2.90. The molecule has 30 heavy (non-hydrogen) atoms. The summed E-state index contributed by atoms with van der Waals surface area (Å²) in [5, 5.41) is 13.3. The second-order valence-electron chi connectivity index (χ2n) is 8.15. The Morgan fingerprint density at radius 2 is 1.73 bits per heavy atom. The first-order valence-corrected chi connectivity index (χ1v) is 11.7. The highest BCUT2D eigenvalue weighted by Crippen LogP contribution is 2.31. The van der Waals surface area contributed by atoms with E-state index in [0.29, 0.717) is 21.6 Å². The second-order valence-corrected chi connectivity index (χ2v) is 10.9. The first-order chi connectivity index (χ1) is 13.7. The van der Waals surface area contributed by atoms with E-state index in [-0.39, 0.29) is 28.4 Å². The number of aromatic nitrogens is 1. The van der Waals surface area contributed by atoms with E-state index in [1.54, 1.807) is 0 Å². The molecule has 7 nitrogen and oxygen atoms in total.